The van der Waals surface area contributed by atoms with E-state index in [2.05, 4.69) is 16.9 Å². The van der Waals surface area contributed by atoms with Crippen molar-refractivity contribution in [2.45, 2.75) is 6.04 Å². The largest absolute Gasteiger partial charge is 0.330 e. The first kappa shape index (κ1) is 9.53. The topological polar surface area (TPSA) is 48.8 Å². The third-order valence-corrected chi connectivity index (χ3v) is 1.38. The third kappa shape index (κ3) is 2.05. The van der Waals surface area contributed by atoms with E-state index in [4.69, 9.17) is 5.53 Å². The molecular formula is C8H8N3Rf-. The third-order valence-electron chi connectivity index (χ3n) is 1.38. The van der Waals surface area contributed by atoms with Crippen LogP contribution in [0.25, 0.3) is 10.4 Å². The molecule has 0 aliphatic rings. The van der Waals surface area contributed by atoms with Crippen molar-refractivity contribution >= 4 is 0 Å². The Labute approximate surface area is 65.3 Å². The molecule has 58 valence electrons. The molecular weight excluding hydrogens is 405 g/mol. The number of benzene rings is 1. The predicted octanol–water partition coefficient (Wildman–Crippen LogP) is 2.87. The van der Waals surface area contributed by atoms with Crippen molar-refractivity contribution in [2.75, 3.05) is 0 Å². The summed E-state index contributed by atoms with van der Waals surface area (Å²) in [7, 11) is 0. The zero-order chi connectivity index (χ0) is 8.10. The fraction of sp³-hybridized carbons (Fsp3) is 0.125. The molecule has 1 atom stereocenters. The van der Waals surface area contributed by atoms with E-state index >= 15 is 0 Å². The maximum atomic E-state index is 8.12. The summed E-state index contributed by atoms with van der Waals surface area (Å²) in [6, 6.07) is 9.13. The van der Waals surface area contributed by atoms with E-state index in [1.54, 1.807) is 0 Å². The maximum absolute atomic E-state index is 8.12. The molecule has 0 amide bonds. The van der Waals surface area contributed by atoms with Crippen LogP contribution in [0.4, 0.5) is 0 Å². The second-order valence-corrected chi connectivity index (χ2v) is 2.13. The number of azide groups is 1. The first-order valence-electron chi connectivity index (χ1n) is 3.27. The van der Waals surface area contributed by atoms with Crippen LogP contribution in [0.2, 0.25) is 0 Å². The van der Waals surface area contributed by atoms with Gasteiger partial charge in [-0.05, 0) is 10.4 Å². The Kier molecular flexibility index (Phi) is 3.46. The van der Waals surface area contributed by atoms with Gasteiger partial charge in [-0.1, -0.05) is 41.9 Å². The van der Waals surface area contributed by atoms with Crippen molar-refractivity contribution in [1.82, 2.24) is 0 Å². The molecule has 0 heterocycles. The first-order valence-corrected chi connectivity index (χ1v) is 3.27. The van der Waals surface area contributed by atoms with Crippen molar-refractivity contribution in [3.8, 4) is 0 Å². The zero-order valence-corrected chi connectivity index (χ0v) is 13.1. The number of rotatable bonds is 2. The summed E-state index contributed by atoms with van der Waals surface area (Å²) in [5.74, 6) is 0. The summed E-state index contributed by atoms with van der Waals surface area (Å²) in [4.78, 5) is 2.67. The van der Waals surface area contributed by atoms with Crippen molar-refractivity contribution in [2.24, 2.45) is 5.11 Å². The monoisotopic (exact) mass is 413 g/mol. The van der Waals surface area contributed by atoms with Gasteiger partial charge in [0, 0.05) is 0 Å². The van der Waals surface area contributed by atoms with Gasteiger partial charge >= 0.3 is 0 Å². The Morgan fingerprint density at radius 3 is 2.42 bits per heavy atom. The Hall–Kier alpha value is -2.47. The van der Waals surface area contributed by atoms with Gasteiger partial charge in [-0.2, -0.15) is 0 Å². The molecule has 0 aromatic heterocycles. The molecule has 4 heteroatoms. The molecule has 1 aromatic carbocycles. The minimum Gasteiger partial charge on any atom is -0.330 e. The van der Waals surface area contributed by atoms with Crippen molar-refractivity contribution in [3.63, 3.8) is 0 Å². The molecule has 0 radical (unpaired) electrons. The number of nitrogens with zero attached hydrogens (tertiary/aromatic N) is 3. The SMILES string of the molecule is [CH2-]C(N=[N+]=[N-])c1ccccc1.[Rf]. The van der Waals surface area contributed by atoms with Gasteiger partial charge < -0.3 is 6.92 Å². The predicted molar refractivity (Wildman–Crippen MR) is 43.7 cm³/mol. The Balaban J connectivity index is 0.00000121. The molecule has 12 heavy (non-hydrogen) atoms. The molecule has 0 aliphatic heterocycles. The molecule has 0 saturated carbocycles. The van der Waals surface area contributed by atoms with Gasteiger partial charge in [0.05, 0.1) is 0 Å². The van der Waals surface area contributed by atoms with Crippen LogP contribution in [0.15, 0.2) is 35.4 Å². The minimum absolute atomic E-state index is 0. The molecule has 1 rings (SSSR count). The van der Waals surface area contributed by atoms with Crippen LogP contribution in [-0.4, -0.2) is 0 Å². The van der Waals surface area contributed by atoms with Gasteiger partial charge in [-0.25, -0.2) is 0 Å². The van der Waals surface area contributed by atoms with E-state index < -0.39 is 0 Å². The van der Waals surface area contributed by atoms with E-state index in [0.717, 1.165) is 5.56 Å². The summed E-state index contributed by atoms with van der Waals surface area (Å²) >= 11 is 0. The average molecular weight is 413 g/mol. The van der Waals surface area contributed by atoms with Crippen LogP contribution in [0.5, 0.6) is 0 Å². The van der Waals surface area contributed by atoms with Crippen LogP contribution in [0.1, 0.15) is 11.6 Å². The van der Waals surface area contributed by atoms with Crippen molar-refractivity contribution in [3.05, 3.63) is 53.3 Å². The van der Waals surface area contributed by atoms with E-state index in [0.29, 0.717) is 0 Å². The van der Waals surface area contributed by atoms with E-state index in [9.17, 15) is 0 Å². The maximum Gasteiger partial charge on any atom is 0 e. The van der Waals surface area contributed by atoms with Gasteiger partial charge in [-0.15, -0.1) is 5.11 Å². The summed E-state index contributed by atoms with van der Waals surface area (Å²) in [6.07, 6.45) is 0. The molecule has 0 spiro atoms. The minimum atomic E-state index is -0.318. The van der Waals surface area contributed by atoms with Gasteiger partial charge in [0.2, 0.25) is 0 Å². The molecule has 3 nitrogen and oxygen atoms in total. The summed E-state index contributed by atoms with van der Waals surface area (Å²) in [5.41, 5.74) is 9.05. The Morgan fingerprint density at radius 1 is 1.33 bits per heavy atom. The summed E-state index contributed by atoms with van der Waals surface area (Å²) < 4.78 is 0. The van der Waals surface area contributed by atoms with E-state index in [1.165, 1.54) is 0 Å². The second kappa shape index (κ2) is 4.36. The number of hydrogen-bond donors (Lipinski definition) is 0. The van der Waals surface area contributed by atoms with Crippen LogP contribution in [0.3, 0.4) is 0 Å². The molecule has 0 aliphatic carbocycles. The van der Waals surface area contributed by atoms with E-state index in [-0.39, 0.29) is 6.04 Å². The fourth-order valence-corrected chi connectivity index (χ4v) is 0.804. The van der Waals surface area contributed by atoms with Gasteiger partial charge in [0.25, 0.3) is 0 Å². The number of hydrogen-bond acceptors (Lipinski definition) is 1. The van der Waals surface area contributed by atoms with Gasteiger partial charge in [0.15, 0.2) is 0 Å². The van der Waals surface area contributed by atoms with Crippen LogP contribution >= 0.6 is 0 Å². The van der Waals surface area contributed by atoms with Gasteiger partial charge in [-0.3, -0.25) is 0 Å². The molecule has 0 saturated heterocycles. The molecule has 0 fully saturated rings. The Morgan fingerprint density at radius 2 is 1.92 bits per heavy atom. The summed E-state index contributed by atoms with van der Waals surface area (Å²) in [5, 5.41) is 3.46. The fourth-order valence-electron chi connectivity index (χ4n) is 0.804. The summed E-state index contributed by atoms with van der Waals surface area (Å²) in [6.45, 7) is 3.68. The quantitative estimate of drug-likeness (QED) is 0.310. The van der Waals surface area contributed by atoms with Crippen LogP contribution in [-0.2, 0) is 0 Å². The second-order valence-electron chi connectivity index (χ2n) is 2.13. The normalized spacial score (nSPS) is 10.8. The van der Waals surface area contributed by atoms with Gasteiger partial charge in [0.1, 0.15) is 0 Å². The smallest absolute Gasteiger partial charge is 0 e. The standard InChI is InChI=1S/C8H8N3.Rf/c1-7(10-11-9)8-5-3-2-4-6-8;/h2-7H,1H2;/q-1;. The first-order chi connectivity index (χ1) is 5.34. The molecule has 1 aromatic rings. The Bertz CT molecular complexity index is 267. The zero-order valence-electron chi connectivity index (χ0n) is 6.72. The van der Waals surface area contributed by atoms with E-state index in [1.807, 2.05) is 30.3 Å². The average Bonchev–Trinajstić information content (AvgIpc) is 2.07. The molecule has 0 bridgehead atoms. The van der Waals surface area contributed by atoms with Crippen LogP contribution < -0.4 is 0 Å². The van der Waals surface area contributed by atoms with Crippen molar-refractivity contribution < 1.29 is 0 Å². The van der Waals surface area contributed by atoms with Crippen molar-refractivity contribution in [1.29, 1.82) is 0 Å². The van der Waals surface area contributed by atoms with Crippen LogP contribution in [0, 0.1) is 6.92 Å². The molecule has 0 N–H and O–H groups in total. The molecule has 1 unspecified atom stereocenters.